The summed E-state index contributed by atoms with van der Waals surface area (Å²) in [4.78, 5) is 40.8. The van der Waals surface area contributed by atoms with E-state index in [1.165, 1.54) is 4.90 Å². The Morgan fingerprint density at radius 3 is 2.59 bits per heavy atom. The van der Waals surface area contributed by atoms with Crippen molar-refractivity contribution in [2.45, 2.75) is 24.9 Å². The largest absolute Gasteiger partial charge is 0.340 e. The van der Waals surface area contributed by atoms with Crippen molar-refractivity contribution in [3.05, 3.63) is 71.3 Å². The van der Waals surface area contributed by atoms with Crippen molar-refractivity contribution in [1.29, 1.82) is 0 Å². The van der Waals surface area contributed by atoms with E-state index in [2.05, 4.69) is 5.32 Å². The third kappa shape index (κ3) is 2.87. The fraction of sp³-hybridized carbons (Fsp3) is 0.286. The second-order valence-electron chi connectivity index (χ2n) is 7.12. The molecule has 0 bridgehead atoms. The molecule has 1 unspecified atom stereocenters. The van der Waals surface area contributed by atoms with Crippen LogP contribution >= 0.6 is 0 Å². The number of likely N-dealkylation sites (N-methyl/N-ethyl adjacent to an activating group) is 1. The van der Waals surface area contributed by atoms with Gasteiger partial charge in [0.2, 0.25) is 5.91 Å². The molecule has 1 aliphatic heterocycles. The predicted octanol–water partition coefficient (Wildman–Crippen LogP) is 2.04. The van der Waals surface area contributed by atoms with Crippen molar-refractivity contribution >= 4 is 17.8 Å². The molecule has 1 saturated heterocycles. The van der Waals surface area contributed by atoms with Gasteiger partial charge in [0, 0.05) is 13.6 Å². The van der Waals surface area contributed by atoms with Gasteiger partial charge in [0.1, 0.15) is 12.1 Å². The SMILES string of the molecule is CN(Cc1ccccc1)C(=O)CN1C(=O)NC2(CCc3ccccc32)C1=O. The Hall–Kier alpha value is -3.15. The third-order valence-electron chi connectivity index (χ3n) is 5.40. The van der Waals surface area contributed by atoms with Crippen LogP contribution in [-0.4, -0.2) is 41.2 Å². The summed E-state index contributed by atoms with van der Waals surface area (Å²) >= 11 is 0. The molecule has 1 N–H and O–H groups in total. The summed E-state index contributed by atoms with van der Waals surface area (Å²) < 4.78 is 0. The first kappa shape index (κ1) is 17.3. The van der Waals surface area contributed by atoms with Gasteiger partial charge in [0.05, 0.1) is 0 Å². The van der Waals surface area contributed by atoms with Crippen molar-refractivity contribution in [3.63, 3.8) is 0 Å². The van der Waals surface area contributed by atoms with Gasteiger partial charge in [-0.3, -0.25) is 14.5 Å². The van der Waals surface area contributed by atoms with E-state index in [9.17, 15) is 14.4 Å². The van der Waals surface area contributed by atoms with Crippen molar-refractivity contribution in [3.8, 4) is 0 Å². The van der Waals surface area contributed by atoms with Gasteiger partial charge < -0.3 is 10.2 Å². The lowest BCUT2D eigenvalue weighted by Crippen LogP contribution is -2.44. The van der Waals surface area contributed by atoms with E-state index in [0.29, 0.717) is 13.0 Å². The molecule has 27 heavy (non-hydrogen) atoms. The number of amides is 4. The van der Waals surface area contributed by atoms with Gasteiger partial charge in [-0.15, -0.1) is 0 Å². The fourth-order valence-electron chi connectivity index (χ4n) is 3.93. The second-order valence-corrected chi connectivity index (χ2v) is 7.12. The van der Waals surface area contributed by atoms with Gasteiger partial charge in [0.15, 0.2) is 0 Å². The van der Waals surface area contributed by atoms with Gasteiger partial charge >= 0.3 is 6.03 Å². The molecular weight excluding hydrogens is 342 g/mol. The second kappa shape index (κ2) is 6.54. The summed E-state index contributed by atoms with van der Waals surface area (Å²) in [5, 5.41) is 2.85. The van der Waals surface area contributed by atoms with Crippen LogP contribution in [0.4, 0.5) is 4.79 Å². The maximum Gasteiger partial charge on any atom is 0.325 e. The van der Waals surface area contributed by atoms with E-state index in [1.54, 1.807) is 7.05 Å². The molecule has 138 valence electrons. The van der Waals surface area contributed by atoms with Crippen LogP contribution in [-0.2, 0) is 28.1 Å². The summed E-state index contributed by atoms with van der Waals surface area (Å²) in [5.41, 5.74) is 1.88. The average Bonchev–Trinajstić information content (AvgIpc) is 3.16. The molecule has 1 spiro atoms. The standard InChI is InChI=1S/C21H21N3O3/c1-23(13-15-7-3-2-4-8-15)18(25)14-24-19(26)21(22-20(24)27)12-11-16-9-5-6-10-17(16)21/h2-10H,11-14H2,1H3,(H,22,27). The Balaban J connectivity index is 1.49. The van der Waals surface area contributed by atoms with Gasteiger partial charge in [-0.05, 0) is 29.5 Å². The van der Waals surface area contributed by atoms with E-state index in [0.717, 1.165) is 28.0 Å². The first-order valence-electron chi connectivity index (χ1n) is 9.02. The molecule has 6 nitrogen and oxygen atoms in total. The fourth-order valence-corrected chi connectivity index (χ4v) is 3.93. The molecular formula is C21H21N3O3. The minimum Gasteiger partial charge on any atom is -0.340 e. The number of nitrogens with zero attached hydrogens (tertiary/aromatic N) is 2. The highest BCUT2D eigenvalue weighted by atomic mass is 16.2. The van der Waals surface area contributed by atoms with Gasteiger partial charge in [-0.1, -0.05) is 54.6 Å². The number of carbonyl (C=O) groups excluding carboxylic acids is 3. The molecule has 4 amide bonds. The van der Waals surface area contributed by atoms with Crippen molar-refractivity contribution in [2.24, 2.45) is 0 Å². The van der Waals surface area contributed by atoms with Gasteiger partial charge in [-0.2, -0.15) is 0 Å². The summed E-state index contributed by atoms with van der Waals surface area (Å²) in [7, 11) is 1.68. The van der Waals surface area contributed by atoms with Crippen LogP contribution in [0.15, 0.2) is 54.6 Å². The van der Waals surface area contributed by atoms with E-state index in [-0.39, 0.29) is 18.4 Å². The topological polar surface area (TPSA) is 69.7 Å². The molecule has 6 heteroatoms. The molecule has 2 aromatic carbocycles. The van der Waals surface area contributed by atoms with Crippen LogP contribution in [0.3, 0.4) is 0 Å². The molecule has 0 saturated carbocycles. The zero-order valence-corrected chi connectivity index (χ0v) is 15.1. The molecule has 1 atom stereocenters. The number of urea groups is 1. The van der Waals surface area contributed by atoms with Crippen molar-refractivity contribution < 1.29 is 14.4 Å². The van der Waals surface area contributed by atoms with Gasteiger partial charge in [0.25, 0.3) is 5.91 Å². The predicted molar refractivity (Wildman–Crippen MR) is 99.6 cm³/mol. The maximum absolute atomic E-state index is 13.1. The summed E-state index contributed by atoms with van der Waals surface area (Å²) in [6, 6.07) is 16.8. The Morgan fingerprint density at radius 2 is 1.81 bits per heavy atom. The lowest BCUT2D eigenvalue weighted by atomic mass is 9.92. The van der Waals surface area contributed by atoms with E-state index in [1.807, 2.05) is 54.6 Å². The first-order valence-corrected chi connectivity index (χ1v) is 9.02. The van der Waals surface area contributed by atoms with Crippen LogP contribution in [0.2, 0.25) is 0 Å². The molecule has 0 aromatic heterocycles. The number of hydrogen-bond acceptors (Lipinski definition) is 3. The van der Waals surface area contributed by atoms with Crippen LogP contribution in [0.25, 0.3) is 0 Å². The van der Waals surface area contributed by atoms with Crippen LogP contribution < -0.4 is 5.32 Å². The van der Waals surface area contributed by atoms with E-state index in [4.69, 9.17) is 0 Å². The number of rotatable bonds is 4. The van der Waals surface area contributed by atoms with E-state index >= 15 is 0 Å². The molecule has 1 fully saturated rings. The van der Waals surface area contributed by atoms with Crippen LogP contribution in [0, 0.1) is 0 Å². The van der Waals surface area contributed by atoms with Crippen LogP contribution in [0.1, 0.15) is 23.1 Å². The number of nitrogens with one attached hydrogen (secondary N) is 1. The quantitative estimate of drug-likeness (QED) is 0.845. The molecule has 2 aromatic rings. The zero-order chi connectivity index (χ0) is 19.0. The monoisotopic (exact) mass is 363 g/mol. The highest BCUT2D eigenvalue weighted by Gasteiger charge is 2.55. The molecule has 1 aliphatic carbocycles. The number of aryl methyl sites for hydroxylation is 1. The highest BCUT2D eigenvalue weighted by molar-refractivity contribution is 6.09. The highest BCUT2D eigenvalue weighted by Crippen LogP contribution is 2.41. The minimum absolute atomic E-state index is 0.252. The minimum atomic E-state index is -1.02. The number of hydrogen-bond donors (Lipinski definition) is 1. The maximum atomic E-state index is 13.1. The molecule has 2 aliphatic rings. The number of fused-ring (bicyclic) bond motifs is 2. The number of carbonyl (C=O) groups is 3. The zero-order valence-electron chi connectivity index (χ0n) is 15.1. The Bertz CT molecular complexity index is 912. The number of imide groups is 1. The lowest BCUT2D eigenvalue weighted by molar-refractivity contribution is -0.138. The summed E-state index contributed by atoms with van der Waals surface area (Å²) in [6.45, 7) is 0.176. The summed E-state index contributed by atoms with van der Waals surface area (Å²) in [6.07, 6.45) is 1.26. The van der Waals surface area contributed by atoms with Crippen LogP contribution in [0.5, 0.6) is 0 Å². The Labute approximate surface area is 157 Å². The van der Waals surface area contributed by atoms with Crippen molar-refractivity contribution in [1.82, 2.24) is 15.1 Å². The summed E-state index contributed by atoms with van der Waals surface area (Å²) in [5.74, 6) is -0.607. The smallest absolute Gasteiger partial charge is 0.325 e. The average molecular weight is 363 g/mol. The normalized spacial score (nSPS) is 20.7. The first-order chi connectivity index (χ1) is 13.0. The third-order valence-corrected chi connectivity index (χ3v) is 5.40. The molecule has 4 rings (SSSR count). The van der Waals surface area contributed by atoms with Crippen molar-refractivity contribution in [2.75, 3.05) is 13.6 Å². The molecule has 0 radical (unpaired) electrons. The Morgan fingerprint density at radius 1 is 1.11 bits per heavy atom. The number of benzene rings is 2. The molecule has 1 heterocycles. The Kier molecular flexibility index (Phi) is 4.18. The van der Waals surface area contributed by atoms with E-state index < -0.39 is 11.6 Å². The lowest BCUT2D eigenvalue weighted by Gasteiger charge is -2.23. The van der Waals surface area contributed by atoms with Gasteiger partial charge in [-0.25, -0.2) is 4.79 Å².